The van der Waals surface area contributed by atoms with Crippen LogP contribution in [0.4, 0.5) is 5.82 Å². The number of aryl methyl sites for hydroxylation is 1. The molecule has 1 saturated carbocycles. The molecular weight excluding hydrogens is 416 g/mol. The topological polar surface area (TPSA) is 101 Å². The van der Waals surface area contributed by atoms with Gasteiger partial charge in [0.25, 0.3) is 0 Å². The lowest BCUT2D eigenvalue weighted by Gasteiger charge is -2.48. The van der Waals surface area contributed by atoms with Crippen LogP contribution in [-0.4, -0.2) is 35.3 Å². The molecule has 1 aliphatic heterocycles. The van der Waals surface area contributed by atoms with Gasteiger partial charge in [0.2, 0.25) is 11.8 Å². The van der Waals surface area contributed by atoms with E-state index in [1.165, 1.54) is 0 Å². The molecular formula is C26H28N4O3. The Balaban J connectivity index is 1.27. The van der Waals surface area contributed by atoms with E-state index in [1.54, 1.807) is 30.3 Å². The molecule has 1 aliphatic carbocycles. The smallest absolute Gasteiger partial charge is 0.246 e. The molecule has 0 bridgehead atoms. The molecule has 2 amide bonds. The number of hydrogen-bond donors (Lipinski definition) is 2. The van der Waals surface area contributed by atoms with Crippen LogP contribution in [0.25, 0.3) is 17.0 Å². The van der Waals surface area contributed by atoms with E-state index < -0.39 is 0 Å². The SMILES string of the molecule is Cc1c(CN(C)C(=O)/C=C/c2cnc3c(c2)CC2(CC(CN)C2)C(=O)N3)oc2ccccc12. The van der Waals surface area contributed by atoms with Crippen molar-refractivity contribution in [2.45, 2.75) is 32.7 Å². The van der Waals surface area contributed by atoms with Gasteiger partial charge in [0.15, 0.2) is 0 Å². The van der Waals surface area contributed by atoms with Crippen molar-refractivity contribution in [2.24, 2.45) is 17.1 Å². The van der Waals surface area contributed by atoms with Crippen molar-refractivity contribution >= 4 is 34.7 Å². The van der Waals surface area contributed by atoms with Crippen LogP contribution in [-0.2, 0) is 22.6 Å². The van der Waals surface area contributed by atoms with Crippen LogP contribution in [0.2, 0.25) is 0 Å². The Morgan fingerprint density at radius 3 is 2.91 bits per heavy atom. The van der Waals surface area contributed by atoms with E-state index in [9.17, 15) is 9.59 Å². The van der Waals surface area contributed by atoms with Gasteiger partial charge in [-0.25, -0.2) is 4.98 Å². The summed E-state index contributed by atoms with van der Waals surface area (Å²) in [5.74, 6) is 1.74. The van der Waals surface area contributed by atoms with Crippen molar-refractivity contribution in [2.75, 3.05) is 18.9 Å². The third-order valence-corrected chi connectivity index (χ3v) is 7.04. The maximum Gasteiger partial charge on any atom is 0.246 e. The lowest BCUT2D eigenvalue weighted by atomic mass is 9.58. The summed E-state index contributed by atoms with van der Waals surface area (Å²) in [6.07, 6.45) is 7.29. The minimum atomic E-state index is -0.360. The lowest BCUT2D eigenvalue weighted by Crippen LogP contribution is -2.52. The Morgan fingerprint density at radius 1 is 1.36 bits per heavy atom. The van der Waals surface area contributed by atoms with Gasteiger partial charge in [-0.3, -0.25) is 9.59 Å². The van der Waals surface area contributed by atoms with Gasteiger partial charge >= 0.3 is 0 Å². The van der Waals surface area contributed by atoms with Crippen molar-refractivity contribution in [3.63, 3.8) is 0 Å². The van der Waals surface area contributed by atoms with Crippen molar-refractivity contribution in [3.8, 4) is 0 Å². The summed E-state index contributed by atoms with van der Waals surface area (Å²) >= 11 is 0. The number of carbonyl (C=O) groups is 2. The van der Waals surface area contributed by atoms with E-state index >= 15 is 0 Å². The number of likely N-dealkylation sites (N-methyl/N-ethyl adjacent to an activating group) is 1. The normalized spacial score (nSPS) is 21.8. The van der Waals surface area contributed by atoms with Gasteiger partial charge in [0.05, 0.1) is 12.0 Å². The zero-order valence-corrected chi connectivity index (χ0v) is 18.9. The number of benzene rings is 1. The van der Waals surface area contributed by atoms with Crippen molar-refractivity contribution < 1.29 is 14.0 Å². The fourth-order valence-corrected chi connectivity index (χ4v) is 5.06. The second-order valence-corrected chi connectivity index (χ2v) is 9.37. The predicted octanol–water partition coefficient (Wildman–Crippen LogP) is 3.66. The standard InChI is InChI=1S/C26H28N4O3/c1-16-20-5-3-4-6-21(20)33-22(16)15-30(2)23(31)8-7-17-9-19-12-26(10-18(11-26)13-27)25(32)29-24(19)28-14-17/h3-9,14,18H,10-13,15,27H2,1-2H3,(H,28,29,32)/b8-7+. The fraction of sp³-hybridized carbons (Fsp3) is 0.346. The average molecular weight is 445 g/mol. The van der Waals surface area contributed by atoms with E-state index in [2.05, 4.69) is 10.3 Å². The number of fused-ring (bicyclic) bond motifs is 2. The number of aromatic nitrogens is 1. The molecule has 7 nitrogen and oxygen atoms in total. The minimum absolute atomic E-state index is 0.0492. The molecule has 5 rings (SSSR count). The second kappa shape index (κ2) is 8.15. The van der Waals surface area contributed by atoms with Crippen LogP contribution >= 0.6 is 0 Å². The number of nitrogens with one attached hydrogen (secondary N) is 1. The second-order valence-electron chi connectivity index (χ2n) is 9.37. The molecule has 1 aromatic carbocycles. The number of pyridine rings is 1. The van der Waals surface area contributed by atoms with Gasteiger partial charge in [-0.15, -0.1) is 0 Å². The molecule has 0 saturated heterocycles. The maximum atomic E-state index is 12.7. The summed E-state index contributed by atoms with van der Waals surface area (Å²) in [6, 6.07) is 9.88. The van der Waals surface area contributed by atoms with Crippen molar-refractivity contribution in [1.29, 1.82) is 0 Å². The Morgan fingerprint density at radius 2 is 2.15 bits per heavy atom. The van der Waals surface area contributed by atoms with E-state index in [-0.39, 0.29) is 17.2 Å². The lowest BCUT2D eigenvalue weighted by molar-refractivity contribution is -0.134. The van der Waals surface area contributed by atoms with Crippen LogP contribution in [0.3, 0.4) is 0 Å². The first-order valence-electron chi connectivity index (χ1n) is 11.3. The van der Waals surface area contributed by atoms with Gasteiger partial charge in [-0.2, -0.15) is 0 Å². The van der Waals surface area contributed by atoms with E-state index in [1.807, 2.05) is 37.3 Å². The average Bonchev–Trinajstić information content (AvgIpc) is 3.10. The van der Waals surface area contributed by atoms with Gasteiger partial charge in [0.1, 0.15) is 17.2 Å². The third-order valence-electron chi connectivity index (χ3n) is 7.04. The van der Waals surface area contributed by atoms with Gasteiger partial charge < -0.3 is 20.4 Å². The zero-order valence-electron chi connectivity index (χ0n) is 18.9. The molecule has 0 radical (unpaired) electrons. The third kappa shape index (κ3) is 3.82. The molecule has 3 N–H and O–H groups in total. The van der Waals surface area contributed by atoms with Gasteiger partial charge in [0, 0.05) is 30.3 Å². The molecule has 1 spiro atoms. The van der Waals surface area contributed by atoms with E-state index in [0.29, 0.717) is 31.2 Å². The van der Waals surface area contributed by atoms with Gasteiger partial charge in [-0.05, 0) is 68.0 Å². The monoisotopic (exact) mass is 444 g/mol. The molecule has 33 heavy (non-hydrogen) atoms. The number of anilines is 1. The molecule has 0 atom stereocenters. The largest absolute Gasteiger partial charge is 0.459 e. The number of hydrogen-bond acceptors (Lipinski definition) is 5. The molecule has 1 fully saturated rings. The quantitative estimate of drug-likeness (QED) is 0.585. The molecule has 3 heterocycles. The first-order chi connectivity index (χ1) is 15.9. The summed E-state index contributed by atoms with van der Waals surface area (Å²) in [4.78, 5) is 31.3. The van der Waals surface area contributed by atoms with Crippen molar-refractivity contribution in [1.82, 2.24) is 9.88 Å². The first-order valence-corrected chi connectivity index (χ1v) is 11.3. The molecule has 7 heteroatoms. The Hall–Kier alpha value is -3.45. The van der Waals surface area contributed by atoms with Crippen LogP contribution in [0.5, 0.6) is 0 Å². The number of para-hydroxylation sites is 1. The summed E-state index contributed by atoms with van der Waals surface area (Å²) in [5, 5.41) is 4.02. The summed E-state index contributed by atoms with van der Waals surface area (Å²) < 4.78 is 5.93. The predicted molar refractivity (Wildman–Crippen MR) is 127 cm³/mol. The number of nitrogens with two attached hydrogens (primary N) is 1. The van der Waals surface area contributed by atoms with Crippen LogP contribution in [0.15, 0.2) is 47.0 Å². The number of rotatable bonds is 5. The van der Waals surface area contributed by atoms with Crippen molar-refractivity contribution in [3.05, 3.63) is 65.1 Å². The number of furan rings is 1. The van der Waals surface area contributed by atoms with E-state index in [0.717, 1.165) is 46.3 Å². The molecule has 3 aromatic rings. The highest BCUT2D eigenvalue weighted by Gasteiger charge is 2.51. The van der Waals surface area contributed by atoms with Crippen LogP contribution in [0, 0.1) is 18.3 Å². The number of carbonyl (C=O) groups excluding carboxylic acids is 2. The Kier molecular flexibility index (Phi) is 5.29. The highest BCUT2D eigenvalue weighted by atomic mass is 16.3. The summed E-state index contributed by atoms with van der Waals surface area (Å²) in [6.45, 7) is 3.02. The Labute approximate surface area is 192 Å². The summed E-state index contributed by atoms with van der Waals surface area (Å²) in [7, 11) is 1.76. The minimum Gasteiger partial charge on any atom is -0.459 e. The zero-order chi connectivity index (χ0) is 23.2. The molecule has 2 aromatic heterocycles. The molecule has 0 unspecified atom stereocenters. The van der Waals surface area contributed by atoms with Gasteiger partial charge in [-0.1, -0.05) is 18.2 Å². The van der Waals surface area contributed by atoms with E-state index in [4.69, 9.17) is 10.2 Å². The highest BCUT2D eigenvalue weighted by molar-refractivity contribution is 5.98. The number of amides is 2. The fourth-order valence-electron chi connectivity index (χ4n) is 5.06. The van der Waals surface area contributed by atoms with Crippen LogP contribution < -0.4 is 11.1 Å². The number of nitrogens with zero attached hydrogens (tertiary/aromatic N) is 2. The Bertz CT molecular complexity index is 1270. The molecule has 170 valence electrons. The maximum absolute atomic E-state index is 12.7. The summed E-state index contributed by atoms with van der Waals surface area (Å²) in [5.41, 5.74) is 9.12. The highest BCUT2D eigenvalue weighted by Crippen LogP contribution is 2.51. The molecule has 2 aliphatic rings. The first kappa shape index (κ1) is 21.4. The van der Waals surface area contributed by atoms with Crippen LogP contribution in [0.1, 0.15) is 35.3 Å².